The molecule has 0 spiro atoms. The Morgan fingerprint density at radius 1 is 1.29 bits per heavy atom. The molecule has 4 atom stereocenters. The number of hydrogen-bond donors (Lipinski definition) is 2. The van der Waals surface area contributed by atoms with Gasteiger partial charge in [-0.25, -0.2) is 0 Å². The van der Waals surface area contributed by atoms with Gasteiger partial charge in [0.2, 0.25) is 0 Å². The van der Waals surface area contributed by atoms with Crippen molar-refractivity contribution in [3.8, 4) is 0 Å². The average molecular weight is 299 g/mol. The molecular formula is C17H33NO3. The number of ether oxygens (including phenoxy) is 2. The number of aliphatic hydroxyl groups excluding tert-OH is 1. The van der Waals surface area contributed by atoms with Crippen LogP contribution in [0.2, 0.25) is 0 Å². The maximum Gasteiger partial charge on any atom is 0.0624 e. The van der Waals surface area contributed by atoms with Crippen LogP contribution in [0.5, 0.6) is 0 Å². The molecule has 0 amide bonds. The van der Waals surface area contributed by atoms with Crippen molar-refractivity contribution in [1.82, 2.24) is 5.32 Å². The summed E-state index contributed by atoms with van der Waals surface area (Å²) in [4.78, 5) is 0. The maximum atomic E-state index is 9.82. The highest BCUT2D eigenvalue weighted by atomic mass is 16.5. The van der Waals surface area contributed by atoms with E-state index in [2.05, 4.69) is 26.1 Å². The van der Waals surface area contributed by atoms with Crippen molar-refractivity contribution < 1.29 is 14.6 Å². The first-order valence-electron chi connectivity index (χ1n) is 8.72. The van der Waals surface area contributed by atoms with Crippen LogP contribution < -0.4 is 5.32 Å². The van der Waals surface area contributed by atoms with E-state index in [1.165, 1.54) is 12.8 Å². The van der Waals surface area contributed by atoms with Crippen LogP contribution in [-0.4, -0.2) is 48.7 Å². The number of hydrogen-bond acceptors (Lipinski definition) is 4. The van der Waals surface area contributed by atoms with Gasteiger partial charge in [-0.2, -0.15) is 0 Å². The Kier molecular flexibility index (Phi) is 6.48. The monoisotopic (exact) mass is 299 g/mol. The van der Waals surface area contributed by atoms with Gasteiger partial charge < -0.3 is 19.9 Å². The first-order valence-corrected chi connectivity index (χ1v) is 8.72. The second kappa shape index (κ2) is 7.91. The topological polar surface area (TPSA) is 50.7 Å². The summed E-state index contributed by atoms with van der Waals surface area (Å²) < 4.78 is 11.9. The van der Waals surface area contributed by atoms with Gasteiger partial charge in [-0.15, -0.1) is 0 Å². The van der Waals surface area contributed by atoms with Gasteiger partial charge in [0, 0.05) is 12.1 Å². The van der Waals surface area contributed by atoms with Crippen LogP contribution in [-0.2, 0) is 9.47 Å². The first-order chi connectivity index (χ1) is 10.1. The van der Waals surface area contributed by atoms with Gasteiger partial charge in [0.1, 0.15) is 0 Å². The summed E-state index contributed by atoms with van der Waals surface area (Å²) in [5.74, 6) is 0.539. The Balaban J connectivity index is 1.77. The van der Waals surface area contributed by atoms with Crippen LogP contribution >= 0.6 is 0 Å². The highest BCUT2D eigenvalue weighted by Gasteiger charge is 2.41. The molecule has 4 heteroatoms. The number of aliphatic hydroxyl groups is 1. The minimum Gasteiger partial charge on any atom is -0.394 e. The summed E-state index contributed by atoms with van der Waals surface area (Å²) in [6, 6.07) is 0. The quantitative estimate of drug-likeness (QED) is 0.758. The van der Waals surface area contributed by atoms with Crippen molar-refractivity contribution in [2.45, 2.75) is 83.1 Å². The Labute approximate surface area is 129 Å². The molecule has 0 bridgehead atoms. The van der Waals surface area contributed by atoms with Crippen molar-refractivity contribution in [3.63, 3.8) is 0 Å². The smallest absolute Gasteiger partial charge is 0.0624 e. The third-order valence-electron chi connectivity index (χ3n) is 5.24. The summed E-state index contributed by atoms with van der Waals surface area (Å²) in [6.45, 7) is 8.36. The minimum absolute atomic E-state index is 0.0611. The first kappa shape index (κ1) is 17.2. The third-order valence-corrected chi connectivity index (χ3v) is 5.24. The van der Waals surface area contributed by atoms with Gasteiger partial charge >= 0.3 is 0 Å². The molecule has 4 unspecified atom stereocenters. The fraction of sp³-hybridized carbons (Fsp3) is 1.00. The minimum atomic E-state index is -0.0611. The Hall–Kier alpha value is -0.160. The maximum absolute atomic E-state index is 9.82. The van der Waals surface area contributed by atoms with Gasteiger partial charge in [-0.3, -0.25) is 0 Å². The van der Waals surface area contributed by atoms with E-state index in [1.54, 1.807) is 0 Å². The van der Waals surface area contributed by atoms with E-state index in [-0.39, 0.29) is 12.1 Å². The molecule has 0 radical (unpaired) electrons. The van der Waals surface area contributed by atoms with E-state index in [4.69, 9.17) is 9.47 Å². The molecule has 4 nitrogen and oxygen atoms in total. The van der Waals surface area contributed by atoms with Crippen molar-refractivity contribution in [2.75, 3.05) is 19.8 Å². The summed E-state index contributed by atoms with van der Waals surface area (Å²) in [6.07, 6.45) is 7.53. The number of likely N-dealkylation sites (N-methyl/N-ethyl adjacent to an activating group) is 1. The van der Waals surface area contributed by atoms with E-state index in [9.17, 15) is 5.11 Å². The molecule has 21 heavy (non-hydrogen) atoms. The second-order valence-corrected chi connectivity index (χ2v) is 6.94. The molecule has 1 heterocycles. The zero-order valence-corrected chi connectivity index (χ0v) is 13.9. The molecule has 2 N–H and O–H groups in total. The van der Waals surface area contributed by atoms with Gasteiger partial charge in [0.15, 0.2) is 0 Å². The lowest BCUT2D eigenvalue weighted by molar-refractivity contribution is -0.104. The van der Waals surface area contributed by atoms with E-state index < -0.39 is 0 Å². The normalized spacial score (nSPS) is 40.6. The fourth-order valence-electron chi connectivity index (χ4n) is 4.27. The molecule has 2 aliphatic rings. The number of nitrogens with one attached hydrogen (secondary N) is 1. The summed E-state index contributed by atoms with van der Waals surface area (Å²) in [7, 11) is 0. The van der Waals surface area contributed by atoms with Crippen molar-refractivity contribution >= 4 is 0 Å². The molecule has 1 aliphatic heterocycles. The lowest BCUT2D eigenvalue weighted by Crippen LogP contribution is -2.51. The molecule has 0 aromatic heterocycles. The number of rotatable bonds is 7. The van der Waals surface area contributed by atoms with Crippen LogP contribution in [0.3, 0.4) is 0 Å². The van der Waals surface area contributed by atoms with Crippen LogP contribution in [0.25, 0.3) is 0 Å². The fourth-order valence-corrected chi connectivity index (χ4v) is 4.27. The van der Waals surface area contributed by atoms with Crippen LogP contribution in [0.4, 0.5) is 0 Å². The van der Waals surface area contributed by atoms with Crippen LogP contribution in [0, 0.1) is 5.92 Å². The van der Waals surface area contributed by atoms with E-state index in [0.29, 0.717) is 24.2 Å². The zero-order valence-electron chi connectivity index (χ0n) is 13.9. The Morgan fingerprint density at radius 2 is 2.00 bits per heavy atom. The second-order valence-electron chi connectivity index (χ2n) is 6.94. The molecule has 2 fully saturated rings. The van der Waals surface area contributed by atoms with Gasteiger partial charge in [-0.05, 0) is 58.4 Å². The van der Waals surface area contributed by atoms with Gasteiger partial charge in [0.25, 0.3) is 0 Å². The van der Waals surface area contributed by atoms with Crippen molar-refractivity contribution in [3.05, 3.63) is 0 Å². The molecule has 0 aromatic rings. The summed E-state index contributed by atoms with van der Waals surface area (Å²) >= 11 is 0. The summed E-state index contributed by atoms with van der Waals surface area (Å²) in [5, 5.41) is 13.4. The average Bonchev–Trinajstić information content (AvgIpc) is 2.82. The van der Waals surface area contributed by atoms with Gasteiger partial charge in [0.05, 0.1) is 24.9 Å². The van der Waals surface area contributed by atoms with Gasteiger partial charge in [-0.1, -0.05) is 13.3 Å². The predicted octanol–water partition coefficient (Wildman–Crippen LogP) is 2.49. The predicted molar refractivity (Wildman–Crippen MR) is 84.4 cm³/mol. The Morgan fingerprint density at radius 3 is 2.62 bits per heavy atom. The SMILES string of the molecule is CCNC1(CO)CCCC1CCOC1CC(C)OC(C)C1. The van der Waals surface area contributed by atoms with Crippen molar-refractivity contribution in [1.29, 1.82) is 0 Å². The van der Waals surface area contributed by atoms with E-state index in [0.717, 1.165) is 38.8 Å². The molecule has 1 saturated carbocycles. The highest BCUT2D eigenvalue weighted by molar-refractivity contribution is 4.98. The molecular weight excluding hydrogens is 266 g/mol. The molecule has 124 valence electrons. The lowest BCUT2D eigenvalue weighted by atomic mass is 9.85. The molecule has 2 rings (SSSR count). The standard InChI is InChI=1S/C17H33NO3/c1-4-18-17(12-19)8-5-6-15(17)7-9-20-16-10-13(2)21-14(3)11-16/h13-16,18-19H,4-12H2,1-3H3. The summed E-state index contributed by atoms with van der Waals surface area (Å²) in [5.41, 5.74) is -0.0611. The third kappa shape index (κ3) is 4.41. The molecule has 0 aromatic carbocycles. The van der Waals surface area contributed by atoms with E-state index in [1.807, 2.05) is 0 Å². The highest BCUT2D eigenvalue weighted by Crippen LogP contribution is 2.37. The van der Waals surface area contributed by atoms with E-state index >= 15 is 0 Å². The Bertz CT molecular complexity index is 302. The van der Waals surface area contributed by atoms with Crippen LogP contribution in [0.15, 0.2) is 0 Å². The zero-order chi connectivity index (χ0) is 15.3. The molecule has 1 aliphatic carbocycles. The molecule has 1 saturated heterocycles. The lowest BCUT2D eigenvalue weighted by Gasteiger charge is -2.36. The largest absolute Gasteiger partial charge is 0.394 e. The van der Waals surface area contributed by atoms with Crippen molar-refractivity contribution in [2.24, 2.45) is 5.92 Å². The van der Waals surface area contributed by atoms with Crippen LogP contribution in [0.1, 0.15) is 59.3 Å².